The number of rotatable bonds is 8. The normalized spacial score (nSPS) is 13.6. The Labute approximate surface area is 444 Å². The van der Waals surface area contributed by atoms with Gasteiger partial charge in [0.1, 0.15) is 0 Å². The molecular weight excluding hydrogens is 917 g/mol. The van der Waals surface area contributed by atoms with Gasteiger partial charge in [0, 0.05) is 44.3 Å². The lowest BCUT2D eigenvalue weighted by Crippen LogP contribution is -2.28. The smallest absolute Gasteiger partial charge is 0.0713 e. The zero-order valence-electron chi connectivity index (χ0n) is 42.5. The Balaban J connectivity index is 0.891. The van der Waals surface area contributed by atoms with Crippen LogP contribution in [0.15, 0.2) is 279 Å². The van der Waals surface area contributed by atoms with E-state index in [-0.39, 0.29) is 5.41 Å². The molecule has 15 rings (SSSR count). The minimum absolute atomic E-state index is 0.145. The SMILES string of the molecule is CC1(C)c2ccccc2-c2ccc(N(c3ccc(-c4ccccc4)cc3)c3ccc4c5ccc6ccccc6c5n(-c5ccc(-c6ccc7c(c6)-c6ccccc6C7(c6ccccc6)c6ccccc6)cc5)c4c3)cc21. The number of hydrogen-bond donors (Lipinski definition) is 0. The van der Waals surface area contributed by atoms with E-state index >= 15 is 0 Å². The zero-order chi connectivity index (χ0) is 50.5. The largest absolute Gasteiger partial charge is 0.310 e. The Bertz CT molecular complexity index is 4360. The molecule has 358 valence electrons. The Morgan fingerprint density at radius 1 is 0.316 bits per heavy atom. The predicted molar refractivity (Wildman–Crippen MR) is 319 cm³/mol. The maximum absolute atomic E-state index is 2.51. The minimum Gasteiger partial charge on any atom is -0.310 e. The topological polar surface area (TPSA) is 8.17 Å². The Morgan fingerprint density at radius 3 is 1.57 bits per heavy atom. The third-order valence-corrected chi connectivity index (χ3v) is 16.9. The molecule has 0 unspecified atom stereocenters. The van der Waals surface area contributed by atoms with Crippen LogP contribution in [0, 0.1) is 0 Å². The van der Waals surface area contributed by atoms with Gasteiger partial charge in [0.2, 0.25) is 0 Å². The maximum atomic E-state index is 2.51. The molecule has 0 radical (unpaired) electrons. The van der Waals surface area contributed by atoms with Gasteiger partial charge in [-0.2, -0.15) is 0 Å². The van der Waals surface area contributed by atoms with Crippen LogP contribution >= 0.6 is 0 Å². The summed E-state index contributed by atoms with van der Waals surface area (Å²) in [4.78, 5) is 2.45. The molecule has 0 fully saturated rings. The van der Waals surface area contributed by atoms with Crippen molar-refractivity contribution in [3.05, 3.63) is 312 Å². The highest BCUT2D eigenvalue weighted by atomic mass is 15.1. The van der Waals surface area contributed by atoms with Gasteiger partial charge < -0.3 is 9.47 Å². The van der Waals surface area contributed by atoms with Gasteiger partial charge >= 0.3 is 0 Å². The third kappa shape index (κ3) is 6.53. The summed E-state index contributed by atoms with van der Waals surface area (Å²) in [5.41, 5.74) is 24.1. The fourth-order valence-electron chi connectivity index (χ4n) is 13.3. The second-order valence-electron chi connectivity index (χ2n) is 21.2. The molecule has 0 spiro atoms. The molecule has 2 heteroatoms. The molecule has 12 aromatic carbocycles. The summed E-state index contributed by atoms with van der Waals surface area (Å²) in [6.45, 7) is 4.73. The van der Waals surface area contributed by atoms with Gasteiger partial charge in [-0.3, -0.25) is 0 Å². The van der Waals surface area contributed by atoms with Crippen LogP contribution in [-0.2, 0) is 10.8 Å². The van der Waals surface area contributed by atoms with E-state index in [4.69, 9.17) is 0 Å². The molecule has 0 aliphatic heterocycles. The van der Waals surface area contributed by atoms with Crippen molar-refractivity contribution < 1.29 is 0 Å². The highest BCUT2D eigenvalue weighted by Gasteiger charge is 2.46. The number of hydrogen-bond acceptors (Lipinski definition) is 1. The van der Waals surface area contributed by atoms with Crippen LogP contribution in [0.4, 0.5) is 17.1 Å². The lowest BCUT2D eigenvalue weighted by atomic mass is 9.67. The summed E-state index contributed by atoms with van der Waals surface area (Å²) < 4.78 is 2.51. The molecular formula is C74H52N2. The fraction of sp³-hybridized carbons (Fsp3) is 0.0541. The lowest BCUT2D eigenvalue weighted by molar-refractivity contribution is 0.660. The molecule has 0 atom stereocenters. The molecule has 0 saturated carbocycles. The molecule has 13 aromatic rings. The average molecular weight is 969 g/mol. The van der Waals surface area contributed by atoms with Crippen molar-refractivity contribution in [2.75, 3.05) is 4.90 Å². The second-order valence-corrected chi connectivity index (χ2v) is 21.2. The highest BCUT2D eigenvalue weighted by molar-refractivity contribution is 6.19. The van der Waals surface area contributed by atoms with E-state index in [2.05, 4.69) is 302 Å². The van der Waals surface area contributed by atoms with Crippen molar-refractivity contribution in [3.63, 3.8) is 0 Å². The van der Waals surface area contributed by atoms with Crippen molar-refractivity contribution in [1.29, 1.82) is 0 Å². The maximum Gasteiger partial charge on any atom is 0.0713 e. The van der Waals surface area contributed by atoms with E-state index in [0.29, 0.717) is 0 Å². The number of nitrogens with zero attached hydrogens (tertiary/aromatic N) is 2. The van der Waals surface area contributed by atoms with Crippen molar-refractivity contribution >= 4 is 49.6 Å². The van der Waals surface area contributed by atoms with E-state index in [1.165, 1.54) is 105 Å². The zero-order valence-corrected chi connectivity index (χ0v) is 42.5. The summed E-state index contributed by atoms with van der Waals surface area (Å²) >= 11 is 0. The summed E-state index contributed by atoms with van der Waals surface area (Å²) in [6, 6.07) is 104. The number of aromatic nitrogens is 1. The lowest BCUT2D eigenvalue weighted by Gasteiger charge is -2.33. The molecule has 0 bridgehead atoms. The highest BCUT2D eigenvalue weighted by Crippen LogP contribution is 2.57. The molecule has 0 amide bonds. The van der Waals surface area contributed by atoms with Crippen molar-refractivity contribution in [1.82, 2.24) is 4.57 Å². The van der Waals surface area contributed by atoms with Gasteiger partial charge in [0.05, 0.1) is 16.4 Å². The van der Waals surface area contributed by atoms with Crippen LogP contribution in [0.25, 0.3) is 82.8 Å². The first-order valence-electron chi connectivity index (χ1n) is 26.6. The standard InChI is InChI=1S/C74H52N2/c1-73(2)67-28-16-14-26-61(67)63-43-40-58(47-70(63)73)75(56-36-30-50(31-37-56)49-18-6-3-7-19-49)59-41-44-64-65-42-34-52-20-12-13-25-60(52)72(65)76(71(64)48-59)57-38-32-51(33-39-57)53-35-45-69-66(46-53)62-27-15-17-29-68(62)74(69,54-21-8-4-9-22-54)55-23-10-5-11-24-55/h3-48H,1-2H3. The Hall–Kier alpha value is -9.50. The van der Waals surface area contributed by atoms with E-state index in [1.807, 2.05) is 0 Å². The molecule has 1 heterocycles. The van der Waals surface area contributed by atoms with E-state index < -0.39 is 5.41 Å². The van der Waals surface area contributed by atoms with Crippen LogP contribution < -0.4 is 4.90 Å². The first-order valence-corrected chi connectivity index (χ1v) is 26.6. The van der Waals surface area contributed by atoms with Gasteiger partial charge in [0.15, 0.2) is 0 Å². The van der Waals surface area contributed by atoms with Gasteiger partial charge in [-0.05, 0) is 138 Å². The molecule has 0 saturated heterocycles. The van der Waals surface area contributed by atoms with E-state index in [9.17, 15) is 0 Å². The van der Waals surface area contributed by atoms with Crippen molar-refractivity contribution in [3.8, 4) is 50.2 Å². The molecule has 0 N–H and O–H groups in total. The van der Waals surface area contributed by atoms with Crippen LogP contribution in [0.5, 0.6) is 0 Å². The Morgan fingerprint density at radius 2 is 0.829 bits per heavy atom. The molecule has 2 aliphatic carbocycles. The third-order valence-electron chi connectivity index (χ3n) is 16.9. The Kier molecular flexibility index (Phi) is 9.86. The second kappa shape index (κ2) is 17.0. The quantitative estimate of drug-likeness (QED) is 0.147. The fourth-order valence-corrected chi connectivity index (χ4v) is 13.3. The number of benzene rings is 12. The van der Waals surface area contributed by atoms with Crippen LogP contribution in [0.1, 0.15) is 47.2 Å². The first kappa shape index (κ1) is 44.0. The molecule has 2 nitrogen and oxygen atoms in total. The number of fused-ring (bicyclic) bond motifs is 11. The summed E-state index contributed by atoms with van der Waals surface area (Å²) in [5.74, 6) is 0. The molecule has 76 heavy (non-hydrogen) atoms. The molecule has 2 aliphatic rings. The van der Waals surface area contributed by atoms with Gasteiger partial charge in [-0.25, -0.2) is 0 Å². The summed E-state index contributed by atoms with van der Waals surface area (Å²) in [6.07, 6.45) is 0. The van der Waals surface area contributed by atoms with Crippen molar-refractivity contribution in [2.24, 2.45) is 0 Å². The van der Waals surface area contributed by atoms with Gasteiger partial charge in [0.25, 0.3) is 0 Å². The van der Waals surface area contributed by atoms with Crippen LogP contribution in [0.2, 0.25) is 0 Å². The average Bonchev–Trinajstić information content (AvgIpc) is 4.09. The van der Waals surface area contributed by atoms with Gasteiger partial charge in [-0.15, -0.1) is 0 Å². The first-order chi connectivity index (χ1) is 37.4. The molecule has 1 aromatic heterocycles. The summed E-state index contributed by atoms with van der Waals surface area (Å²) in [7, 11) is 0. The van der Waals surface area contributed by atoms with Crippen molar-refractivity contribution in [2.45, 2.75) is 24.7 Å². The predicted octanol–water partition coefficient (Wildman–Crippen LogP) is 19.4. The monoisotopic (exact) mass is 968 g/mol. The van der Waals surface area contributed by atoms with Gasteiger partial charge in [-0.1, -0.05) is 238 Å². The van der Waals surface area contributed by atoms with E-state index in [0.717, 1.165) is 28.3 Å². The number of anilines is 3. The van der Waals surface area contributed by atoms with Crippen LogP contribution in [-0.4, -0.2) is 4.57 Å². The minimum atomic E-state index is -0.431. The van der Waals surface area contributed by atoms with Crippen LogP contribution in [0.3, 0.4) is 0 Å². The summed E-state index contributed by atoms with van der Waals surface area (Å²) in [5, 5.41) is 4.90. The van der Waals surface area contributed by atoms with E-state index in [1.54, 1.807) is 0 Å².